The molecule has 0 saturated carbocycles. The Balaban J connectivity index is 2.70. The SMILES string of the molecule is COC(=O)c1cc(C(F)(F)F)ccc1-c1nc(C)ccc1F. The highest BCUT2D eigenvalue weighted by Gasteiger charge is 2.32. The summed E-state index contributed by atoms with van der Waals surface area (Å²) in [6.07, 6.45) is -4.63. The van der Waals surface area contributed by atoms with Crippen LogP contribution in [0.5, 0.6) is 0 Å². The molecule has 0 fully saturated rings. The van der Waals surface area contributed by atoms with E-state index >= 15 is 0 Å². The van der Waals surface area contributed by atoms with Gasteiger partial charge in [0.15, 0.2) is 0 Å². The number of aromatic nitrogens is 1. The van der Waals surface area contributed by atoms with Gasteiger partial charge in [0.05, 0.1) is 18.2 Å². The van der Waals surface area contributed by atoms with Crippen molar-refractivity contribution in [2.75, 3.05) is 7.11 Å². The number of hydrogen-bond acceptors (Lipinski definition) is 3. The summed E-state index contributed by atoms with van der Waals surface area (Å²) in [6, 6.07) is 4.97. The van der Waals surface area contributed by atoms with Crippen molar-refractivity contribution in [3.8, 4) is 11.3 Å². The molecule has 0 aliphatic rings. The highest BCUT2D eigenvalue weighted by atomic mass is 19.4. The topological polar surface area (TPSA) is 39.2 Å². The van der Waals surface area contributed by atoms with Crippen molar-refractivity contribution < 1.29 is 27.1 Å². The van der Waals surface area contributed by atoms with Crippen molar-refractivity contribution in [1.29, 1.82) is 0 Å². The maximum absolute atomic E-state index is 13.9. The first kappa shape index (κ1) is 15.9. The summed E-state index contributed by atoms with van der Waals surface area (Å²) in [5, 5.41) is 0. The molecule has 0 aliphatic carbocycles. The van der Waals surface area contributed by atoms with Crippen molar-refractivity contribution in [2.24, 2.45) is 0 Å². The van der Waals surface area contributed by atoms with Crippen LogP contribution in [0.3, 0.4) is 0 Å². The van der Waals surface area contributed by atoms with Gasteiger partial charge in [0, 0.05) is 11.3 Å². The Kier molecular flexibility index (Phi) is 4.16. The lowest BCUT2D eigenvalue weighted by molar-refractivity contribution is -0.137. The zero-order chi connectivity index (χ0) is 16.5. The molecule has 7 heteroatoms. The molecule has 0 aliphatic heterocycles. The van der Waals surface area contributed by atoms with Crippen LogP contribution in [-0.2, 0) is 10.9 Å². The molecule has 2 rings (SSSR count). The van der Waals surface area contributed by atoms with Crippen LogP contribution in [0.15, 0.2) is 30.3 Å². The molecule has 1 heterocycles. The Morgan fingerprint density at radius 2 is 1.86 bits per heavy atom. The predicted octanol–water partition coefficient (Wildman–Crippen LogP) is 4.00. The second-order valence-corrected chi connectivity index (χ2v) is 4.53. The summed E-state index contributed by atoms with van der Waals surface area (Å²) < 4.78 is 56.7. The van der Waals surface area contributed by atoms with Crippen molar-refractivity contribution >= 4 is 5.97 Å². The number of rotatable bonds is 2. The highest BCUT2D eigenvalue weighted by molar-refractivity contribution is 5.97. The molecule has 0 radical (unpaired) electrons. The Bertz CT molecular complexity index is 726. The van der Waals surface area contributed by atoms with E-state index in [9.17, 15) is 22.4 Å². The molecule has 0 atom stereocenters. The van der Waals surface area contributed by atoms with Crippen LogP contribution in [0, 0.1) is 12.7 Å². The van der Waals surface area contributed by atoms with Gasteiger partial charge in [-0.2, -0.15) is 13.2 Å². The van der Waals surface area contributed by atoms with Gasteiger partial charge in [-0.1, -0.05) is 6.07 Å². The number of alkyl halides is 3. The Labute approximate surface area is 123 Å². The number of pyridine rings is 1. The lowest BCUT2D eigenvalue weighted by Crippen LogP contribution is -2.10. The van der Waals surface area contributed by atoms with Crippen molar-refractivity contribution in [3.63, 3.8) is 0 Å². The van der Waals surface area contributed by atoms with E-state index in [1.807, 2.05) is 0 Å². The van der Waals surface area contributed by atoms with Crippen LogP contribution in [0.1, 0.15) is 21.6 Å². The summed E-state index contributed by atoms with van der Waals surface area (Å²) in [5.74, 6) is -1.74. The number of ether oxygens (including phenoxy) is 1. The summed E-state index contributed by atoms with van der Waals surface area (Å²) in [6.45, 7) is 1.60. The lowest BCUT2D eigenvalue weighted by atomic mass is 10.00. The van der Waals surface area contributed by atoms with E-state index in [2.05, 4.69) is 9.72 Å². The second kappa shape index (κ2) is 5.75. The van der Waals surface area contributed by atoms with Gasteiger partial charge in [0.25, 0.3) is 0 Å². The molecular formula is C15H11F4NO2. The first-order valence-corrected chi connectivity index (χ1v) is 6.17. The molecular weight excluding hydrogens is 302 g/mol. The molecule has 22 heavy (non-hydrogen) atoms. The van der Waals surface area contributed by atoms with Gasteiger partial charge < -0.3 is 4.74 Å². The second-order valence-electron chi connectivity index (χ2n) is 4.53. The molecule has 0 bridgehead atoms. The van der Waals surface area contributed by atoms with E-state index in [4.69, 9.17) is 0 Å². The third-order valence-corrected chi connectivity index (χ3v) is 2.99. The van der Waals surface area contributed by atoms with Crippen LogP contribution < -0.4 is 0 Å². The monoisotopic (exact) mass is 313 g/mol. The zero-order valence-electron chi connectivity index (χ0n) is 11.7. The minimum atomic E-state index is -4.63. The highest BCUT2D eigenvalue weighted by Crippen LogP contribution is 2.34. The van der Waals surface area contributed by atoms with E-state index in [-0.39, 0.29) is 11.3 Å². The molecule has 0 unspecified atom stereocenters. The fourth-order valence-electron chi connectivity index (χ4n) is 1.93. The van der Waals surface area contributed by atoms with Gasteiger partial charge in [0.2, 0.25) is 0 Å². The Morgan fingerprint density at radius 1 is 1.18 bits per heavy atom. The largest absolute Gasteiger partial charge is 0.465 e. The first-order valence-electron chi connectivity index (χ1n) is 6.17. The fourth-order valence-corrected chi connectivity index (χ4v) is 1.93. The molecule has 1 aromatic heterocycles. The van der Waals surface area contributed by atoms with Crippen LogP contribution in [0.2, 0.25) is 0 Å². The minimum Gasteiger partial charge on any atom is -0.465 e. The maximum Gasteiger partial charge on any atom is 0.416 e. The number of hydrogen-bond donors (Lipinski definition) is 0. The molecule has 2 aromatic rings. The summed E-state index contributed by atoms with van der Waals surface area (Å²) >= 11 is 0. The van der Waals surface area contributed by atoms with Crippen molar-refractivity contribution in [3.05, 3.63) is 53.0 Å². The molecule has 0 N–H and O–H groups in total. The van der Waals surface area contributed by atoms with Gasteiger partial charge in [-0.3, -0.25) is 4.98 Å². The number of benzene rings is 1. The number of nitrogens with zero attached hydrogens (tertiary/aromatic N) is 1. The van der Waals surface area contributed by atoms with E-state index in [1.165, 1.54) is 6.07 Å². The number of carbonyl (C=O) groups excluding carboxylic acids is 1. The fraction of sp³-hybridized carbons (Fsp3) is 0.200. The van der Waals surface area contributed by atoms with E-state index < -0.39 is 29.1 Å². The summed E-state index contributed by atoms with van der Waals surface area (Å²) in [4.78, 5) is 15.7. The maximum atomic E-state index is 13.9. The van der Waals surface area contributed by atoms with Crippen molar-refractivity contribution in [1.82, 2.24) is 4.98 Å². The summed E-state index contributed by atoms with van der Waals surface area (Å²) in [7, 11) is 1.03. The molecule has 3 nitrogen and oxygen atoms in total. The van der Waals surface area contributed by atoms with Gasteiger partial charge in [-0.25, -0.2) is 9.18 Å². The normalized spacial score (nSPS) is 11.4. The Hall–Kier alpha value is -2.44. The van der Waals surface area contributed by atoms with Gasteiger partial charge >= 0.3 is 12.1 Å². The number of esters is 1. The first-order chi connectivity index (χ1) is 10.2. The van der Waals surface area contributed by atoms with Crippen LogP contribution in [0.4, 0.5) is 17.6 Å². The van der Waals surface area contributed by atoms with Crippen LogP contribution in [-0.4, -0.2) is 18.1 Å². The van der Waals surface area contributed by atoms with E-state index in [0.717, 1.165) is 25.3 Å². The van der Waals surface area contributed by atoms with Crippen LogP contribution >= 0.6 is 0 Å². The number of halogens is 4. The van der Waals surface area contributed by atoms with Gasteiger partial charge in [-0.05, 0) is 31.2 Å². The lowest BCUT2D eigenvalue weighted by Gasteiger charge is -2.13. The molecule has 0 spiro atoms. The van der Waals surface area contributed by atoms with Gasteiger partial charge in [0.1, 0.15) is 11.5 Å². The molecule has 0 saturated heterocycles. The predicted molar refractivity (Wildman–Crippen MR) is 70.7 cm³/mol. The minimum absolute atomic E-state index is 0.0546. The van der Waals surface area contributed by atoms with E-state index in [1.54, 1.807) is 6.92 Å². The molecule has 0 amide bonds. The van der Waals surface area contributed by atoms with Crippen LogP contribution in [0.25, 0.3) is 11.3 Å². The standard InChI is InChI=1S/C15H11F4NO2/c1-8-3-6-12(16)13(20-8)10-5-4-9(15(17,18)19)7-11(10)14(21)22-2/h3-7H,1-2H3. The quantitative estimate of drug-likeness (QED) is 0.621. The number of aryl methyl sites for hydroxylation is 1. The van der Waals surface area contributed by atoms with Gasteiger partial charge in [-0.15, -0.1) is 0 Å². The number of methoxy groups -OCH3 is 1. The smallest absolute Gasteiger partial charge is 0.416 e. The number of carbonyl (C=O) groups is 1. The molecule has 116 valence electrons. The summed E-state index contributed by atoms with van der Waals surface area (Å²) in [5.41, 5.74) is -1.21. The van der Waals surface area contributed by atoms with E-state index in [0.29, 0.717) is 11.8 Å². The third kappa shape index (κ3) is 3.08. The van der Waals surface area contributed by atoms with Crippen molar-refractivity contribution in [2.45, 2.75) is 13.1 Å². The average Bonchev–Trinajstić information content (AvgIpc) is 2.47. The average molecular weight is 313 g/mol. The molecule has 1 aromatic carbocycles. The Morgan fingerprint density at radius 3 is 2.45 bits per heavy atom. The third-order valence-electron chi connectivity index (χ3n) is 2.99. The zero-order valence-corrected chi connectivity index (χ0v) is 11.7.